The molecule has 2 aromatic carbocycles. The number of ketones is 1. The fourth-order valence-electron chi connectivity index (χ4n) is 4.91. The average molecular weight is 407 g/mol. The van der Waals surface area contributed by atoms with E-state index in [4.69, 9.17) is 0 Å². The van der Waals surface area contributed by atoms with Crippen LogP contribution in [0, 0.1) is 16.7 Å². The number of Topliss-reactive ketones (excluding diaryl/α,β-unsaturated/α-hetero) is 1. The predicted octanol–water partition coefficient (Wildman–Crippen LogP) is 6.09. The van der Waals surface area contributed by atoms with Gasteiger partial charge in [-0.2, -0.15) is 0 Å². The lowest BCUT2D eigenvalue weighted by Gasteiger charge is -2.31. The summed E-state index contributed by atoms with van der Waals surface area (Å²) in [5.74, 6) is 0.474. The molecule has 0 aliphatic heterocycles. The number of hydrogen-bond donors (Lipinski definition) is 1. The van der Waals surface area contributed by atoms with Gasteiger partial charge in [0, 0.05) is 16.1 Å². The molecule has 2 bridgehead atoms. The molecule has 2 aliphatic rings. The molecule has 0 spiro atoms. The van der Waals surface area contributed by atoms with Crippen LogP contribution in [-0.4, -0.2) is 16.9 Å². The molecule has 2 saturated carbocycles. The van der Waals surface area contributed by atoms with Crippen LogP contribution in [0.4, 0.5) is 0 Å². The molecule has 0 aromatic heterocycles. The second kappa shape index (κ2) is 7.17. The van der Waals surface area contributed by atoms with Crippen LogP contribution in [0.3, 0.4) is 0 Å². The number of carbonyl (C=O) groups excluding carboxylic acids is 1. The van der Waals surface area contributed by atoms with Crippen molar-refractivity contribution in [2.45, 2.75) is 44.3 Å². The zero-order chi connectivity index (χ0) is 20.8. The van der Waals surface area contributed by atoms with Gasteiger partial charge in [-0.15, -0.1) is 11.8 Å². The lowest BCUT2D eigenvalue weighted by atomic mass is 9.70. The van der Waals surface area contributed by atoms with Gasteiger partial charge in [0.2, 0.25) is 0 Å². The summed E-state index contributed by atoms with van der Waals surface area (Å²) in [4.78, 5) is 25.1. The van der Waals surface area contributed by atoms with Gasteiger partial charge in [0.15, 0.2) is 5.78 Å². The third kappa shape index (κ3) is 3.24. The van der Waals surface area contributed by atoms with Crippen molar-refractivity contribution < 1.29 is 14.7 Å². The minimum absolute atomic E-state index is 0.0318. The topological polar surface area (TPSA) is 54.4 Å². The van der Waals surface area contributed by atoms with Crippen LogP contribution >= 0.6 is 11.8 Å². The van der Waals surface area contributed by atoms with Crippen LogP contribution < -0.4 is 0 Å². The quantitative estimate of drug-likeness (QED) is 0.482. The molecule has 0 amide bonds. The maximum Gasteiger partial charge on any atom is 0.336 e. The van der Waals surface area contributed by atoms with E-state index in [-0.39, 0.29) is 10.8 Å². The Morgan fingerprint density at radius 2 is 1.83 bits per heavy atom. The highest BCUT2D eigenvalue weighted by atomic mass is 32.2. The normalized spacial score (nSPS) is 26.2. The summed E-state index contributed by atoms with van der Waals surface area (Å²) in [7, 11) is 0. The lowest BCUT2D eigenvalue weighted by Crippen LogP contribution is -2.32. The van der Waals surface area contributed by atoms with Crippen molar-refractivity contribution in [3.8, 4) is 0 Å². The summed E-state index contributed by atoms with van der Waals surface area (Å²) < 4.78 is 0. The highest BCUT2D eigenvalue weighted by molar-refractivity contribution is 7.98. The van der Waals surface area contributed by atoms with Crippen LogP contribution in [0.1, 0.15) is 55.1 Å². The van der Waals surface area contributed by atoms with Crippen molar-refractivity contribution in [2.24, 2.45) is 16.7 Å². The Bertz CT molecular complexity index is 1000. The van der Waals surface area contributed by atoms with Gasteiger partial charge in [0.1, 0.15) is 0 Å². The molecule has 0 saturated heterocycles. The van der Waals surface area contributed by atoms with E-state index in [1.807, 2.05) is 12.1 Å². The Morgan fingerprint density at radius 1 is 1.14 bits per heavy atom. The van der Waals surface area contributed by atoms with Crippen molar-refractivity contribution >= 4 is 29.6 Å². The predicted molar refractivity (Wildman–Crippen MR) is 117 cm³/mol. The second-order valence-electron chi connectivity index (χ2n) is 8.91. The van der Waals surface area contributed by atoms with Crippen molar-refractivity contribution in [3.63, 3.8) is 0 Å². The number of carboxylic acid groups (broad SMARTS) is 1. The molecule has 4 rings (SSSR count). The van der Waals surface area contributed by atoms with Gasteiger partial charge in [-0.05, 0) is 59.1 Å². The van der Waals surface area contributed by atoms with Crippen LogP contribution in [0.5, 0.6) is 0 Å². The Morgan fingerprint density at radius 3 is 2.45 bits per heavy atom. The number of thioether (sulfide) groups is 1. The second-order valence-corrected chi connectivity index (χ2v) is 9.92. The number of carboxylic acids is 1. The molecule has 2 atom stereocenters. The van der Waals surface area contributed by atoms with Gasteiger partial charge < -0.3 is 5.11 Å². The number of allylic oxidation sites excluding steroid dienone is 1. The smallest absolute Gasteiger partial charge is 0.336 e. The van der Waals surface area contributed by atoms with E-state index in [1.165, 1.54) is 11.8 Å². The Balaban J connectivity index is 1.49. The van der Waals surface area contributed by atoms with Gasteiger partial charge in [-0.1, -0.05) is 57.2 Å². The van der Waals surface area contributed by atoms with Crippen LogP contribution in [0.15, 0.2) is 59.0 Å². The number of benzene rings is 2. The summed E-state index contributed by atoms with van der Waals surface area (Å²) >= 11 is 1.53. The maximum atomic E-state index is 13.0. The first-order chi connectivity index (χ1) is 13.7. The molecular formula is C25H26O3S. The summed E-state index contributed by atoms with van der Waals surface area (Å²) in [5.41, 5.74) is 3.32. The largest absolute Gasteiger partial charge is 0.478 e. The first kappa shape index (κ1) is 20.0. The molecule has 2 aromatic rings. The maximum absolute atomic E-state index is 13.0. The van der Waals surface area contributed by atoms with E-state index in [1.54, 1.807) is 12.1 Å². The third-order valence-corrected chi connectivity index (χ3v) is 8.32. The molecule has 4 heteroatoms. The monoisotopic (exact) mass is 406 g/mol. The van der Waals surface area contributed by atoms with Gasteiger partial charge in [-0.25, -0.2) is 4.79 Å². The standard InChI is InChI=1S/C25H26O3S/c1-24(2)20-12-13-25(24,3)22(26)19(20)14-16-8-10-17(11-9-16)15-29-21-7-5-4-6-18(21)23(27)28/h4-11,14,20H,12-13,15H2,1-3H3,(H,27,28). The number of carbonyl (C=O) groups is 2. The Kier molecular flexibility index (Phi) is 4.94. The van der Waals surface area contributed by atoms with Gasteiger partial charge >= 0.3 is 5.97 Å². The van der Waals surface area contributed by atoms with Gasteiger partial charge in [0.25, 0.3) is 0 Å². The molecular weight excluding hydrogens is 380 g/mol. The van der Waals surface area contributed by atoms with E-state index in [0.717, 1.165) is 34.4 Å². The first-order valence-corrected chi connectivity index (χ1v) is 11.0. The van der Waals surface area contributed by atoms with Crippen molar-refractivity contribution in [1.29, 1.82) is 0 Å². The number of hydrogen-bond acceptors (Lipinski definition) is 3. The van der Waals surface area contributed by atoms with Crippen LogP contribution in [0.2, 0.25) is 0 Å². The minimum atomic E-state index is -0.901. The fraction of sp³-hybridized carbons (Fsp3) is 0.360. The Hall–Kier alpha value is -2.33. The molecule has 29 heavy (non-hydrogen) atoms. The van der Waals surface area contributed by atoms with E-state index in [0.29, 0.717) is 23.0 Å². The summed E-state index contributed by atoms with van der Waals surface area (Å²) in [6.45, 7) is 6.60. The first-order valence-electron chi connectivity index (χ1n) is 10.0. The molecule has 2 unspecified atom stereocenters. The van der Waals surface area contributed by atoms with Crippen molar-refractivity contribution in [1.82, 2.24) is 0 Å². The third-order valence-electron chi connectivity index (χ3n) is 7.18. The zero-order valence-corrected chi connectivity index (χ0v) is 17.9. The molecule has 2 fully saturated rings. The molecule has 0 radical (unpaired) electrons. The highest BCUT2D eigenvalue weighted by Gasteiger charge is 2.63. The van der Waals surface area contributed by atoms with E-state index < -0.39 is 5.97 Å². The summed E-state index contributed by atoms with van der Waals surface area (Å²) in [6, 6.07) is 15.3. The number of aromatic carboxylic acids is 1. The van der Waals surface area contributed by atoms with E-state index in [9.17, 15) is 14.7 Å². The SMILES string of the molecule is CC12CCC(C(=Cc3ccc(CSc4ccccc4C(=O)O)cc3)C1=O)C2(C)C. The number of fused-ring (bicyclic) bond motifs is 2. The summed E-state index contributed by atoms with van der Waals surface area (Å²) in [6.07, 6.45) is 4.17. The lowest BCUT2D eigenvalue weighted by molar-refractivity contribution is -0.125. The van der Waals surface area contributed by atoms with E-state index in [2.05, 4.69) is 51.1 Å². The fourth-order valence-corrected chi connectivity index (χ4v) is 5.91. The van der Waals surface area contributed by atoms with Crippen molar-refractivity contribution in [2.75, 3.05) is 0 Å². The zero-order valence-electron chi connectivity index (χ0n) is 17.1. The minimum Gasteiger partial charge on any atom is -0.478 e. The van der Waals surface area contributed by atoms with Crippen molar-refractivity contribution in [3.05, 3.63) is 70.8 Å². The molecule has 150 valence electrons. The molecule has 3 nitrogen and oxygen atoms in total. The molecule has 1 N–H and O–H groups in total. The van der Waals surface area contributed by atoms with Gasteiger partial charge in [-0.3, -0.25) is 4.79 Å². The number of rotatable bonds is 5. The van der Waals surface area contributed by atoms with Gasteiger partial charge in [0.05, 0.1) is 5.56 Å². The highest BCUT2D eigenvalue weighted by Crippen LogP contribution is 2.65. The average Bonchev–Trinajstić information content (AvgIpc) is 3.01. The summed E-state index contributed by atoms with van der Waals surface area (Å²) in [5, 5.41) is 9.31. The van der Waals surface area contributed by atoms with Crippen LogP contribution in [-0.2, 0) is 10.5 Å². The Labute approximate surface area is 176 Å². The molecule has 0 heterocycles. The van der Waals surface area contributed by atoms with Crippen LogP contribution in [0.25, 0.3) is 6.08 Å². The molecule has 2 aliphatic carbocycles. The van der Waals surface area contributed by atoms with E-state index >= 15 is 0 Å².